The van der Waals surface area contributed by atoms with Crippen molar-refractivity contribution < 1.29 is 43.9 Å². The van der Waals surface area contributed by atoms with Crippen molar-refractivity contribution in [1.29, 1.82) is 0 Å². The van der Waals surface area contributed by atoms with Crippen molar-refractivity contribution in [2.45, 2.75) is 70.2 Å². The number of aliphatic hydroxyl groups excluding tert-OH is 1. The quantitative estimate of drug-likeness (QED) is 0.212. The fraction of sp³-hybridized carbons (Fsp3) is 0.417. The van der Waals surface area contributed by atoms with Crippen molar-refractivity contribution in [3.8, 4) is 11.5 Å². The summed E-state index contributed by atoms with van der Waals surface area (Å²) in [4.78, 5) is 40.0. The zero-order valence-corrected chi connectivity index (χ0v) is 26.9. The molecule has 3 aliphatic rings. The summed E-state index contributed by atoms with van der Waals surface area (Å²) in [6.45, 7) is 6.87. The minimum absolute atomic E-state index is 0.0204. The third-order valence-corrected chi connectivity index (χ3v) is 9.73. The number of phenolic OH excluding ortho intramolecular Hbond substituents is 1. The minimum atomic E-state index is -2.12. The highest BCUT2D eigenvalue weighted by Crippen LogP contribution is 2.55. The Bertz CT molecular complexity index is 1660. The Labute approximate surface area is 268 Å². The van der Waals surface area contributed by atoms with Crippen LogP contribution in [0.25, 0.3) is 0 Å². The number of rotatable bonds is 9. The maximum absolute atomic E-state index is 14.2. The van der Waals surface area contributed by atoms with Crippen molar-refractivity contribution in [2.75, 3.05) is 19.5 Å². The van der Waals surface area contributed by atoms with Crippen LogP contribution in [0.1, 0.15) is 69.6 Å². The fourth-order valence-corrected chi connectivity index (χ4v) is 7.35. The van der Waals surface area contributed by atoms with Crippen molar-refractivity contribution in [1.82, 2.24) is 0 Å². The predicted molar refractivity (Wildman–Crippen MR) is 171 cm³/mol. The molecule has 6 unspecified atom stereocenters. The van der Waals surface area contributed by atoms with Gasteiger partial charge in [0, 0.05) is 36.8 Å². The second kappa shape index (κ2) is 12.4. The van der Waals surface area contributed by atoms with Crippen LogP contribution in [-0.2, 0) is 29.5 Å². The molecule has 0 bridgehead atoms. The van der Waals surface area contributed by atoms with E-state index in [2.05, 4.69) is 5.32 Å². The summed E-state index contributed by atoms with van der Waals surface area (Å²) >= 11 is 0. The van der Waals surface area contributed by atoms with Gasteiger partial charge in [-0.2, -0.15) is 0 Å². The molecule has 2 aliphatic heterocycles. The Morgan fingerprint density at radius 3 is 2.39 bits per heavy atom. The van der Waals surface area contributed by atoms with Crippen molar-refractivity contribution >= 4 is 23.3 Å². The number of carbonyl (C=O) groups excluding carboxylic acids is 3. The Kier molecular flexibility index (Phi) is 8.90. The maximum Gasteiger partial charge on any atom is 0.338 e. The molecule has 10 nitrogen and oxygen atoms in total. The molecule has 10 heteroatoms. The van der Waals surface area contributed by atoms with E-state index < -0.39 is 46.9 Å². The number of amides is 1. The zero-order chi connectivity index (χ0) is 33.6. The van der Waals surface area contributed by atoms with Gasteiger partial charge in [-0.05, 0) is 64.3 Å². The van der Waals surface area contributed by atoms with Gasteiger partial charge in [-0.3, -0.25) is 9.59 Å². The zero-order valence-electron chi connectivity index (χ0n) is 26.9. The first-order valence-electron chi connectivity index (χ1n) is 15.3. The number of hydrogen-bond acceptors (Lipinski definition) is 9. The number of benzene rings is 2. The lowest BCUT2D eigenvalue weighted by molar-refractivity contribution is -0.156. The van der Waals surface area contributed by atoms with Crippen molar-refractivity contribution in [3.05, 3.63) is 88.2 Å². The van der Waals surface area contributed by atoms with E-state index in [0.717, 1.165) is 5.57 Å². The van der Waals surface area contributed by atoms with E-state index in [1.165, 1.54) is 21.1 Å². The number of ether oxygens (including phenoxy) is 3. The molecule has 0 aromatic heterocycles. The van der Waals surface area contributed by atoms with Crippen molar-refractivity contribution in [3.63, 3.8) is 0 Å². The Balaban J connectivity index is 1.71. The largest absolute Gasteiger partial charge is 0.507 e. The number of fused-ring (bicyclic) bond motifs is 1. The number of ketones is 1. The third kappa shape index (κ3) is 5.19. The summed E-state index contributed by atoms with van der Waals surface area (Å²) in [5, 5.41) is 38.5. The predicted octanol–water partition coefficient (Wildman–Crippen LogP) is 5.34. The number of allylic oxidation sites excluding steroid dienone is 4. The molecule has 0 fully saturated rings. The highest BCUT2D eigenvalue weighted by molar-refractivity contribution is 6.00. The van der Waals surface area contributed by atoms with Gasteiger partial charge in [-0.25, -0.2) is 4.79 Å². The number of Topliss-reactive ketones (excluding diaryl/α,β-unsaturated/α-hetero) is 1. The summed E-state index contributed by atoms with van der Waals surface area (Å²) in [7, 11) is 2.81. The van der Waals surface area contributed by atoms with Crippen LogP contribution in [0.3, 0.4) is 0 Å². The molecule has 0 spiro atoms. The van der Waals surface area contributed by atoms with Crippen LogP contribution < -0.4 is 10.1 Å². The van der Waals surface area contributed by atoms with Gasteiger partial charge in [0.15, 0.2) is 17.3 Å². The number of nitrogens with one attached hydrogen (secondary N) is 1. The number of methoxy groups -OCH3 is 2. The molecular weight excluding hydrogens is 590 g/mol. The van der Waals surface area contributed by atoms with Crippen LogP contribution >= 0.6 is 0 Å². The van der Waals surface area contributed by atoms with E-state index in [1.54, 1.807) is 43.3 Å². The topological polar surface area (TPSA) is 152 Å². The van der Waals surface area contributed by atoms with Crippen LogP contribution in [0.15, 0.2) is 71.5 Å². The molecule has 0 saturated carbocycles. The first-order chi connectivity index (χ1) is 21.8. The number of aliphatic hydroxyl groups is 2. The van der Waals surface area contributed by atoms with Gasteiger partial charge in [-0.1, -0.05) is 42.0 Å². The molecule has 1 amide bonds. The Morgan fingerprint density at radius 1 is 1.11 bits per heavy atom. The maximum atomic E-state index is 14.2. The van der Waals surface area contributed by atoms with Gasteiger partial charge in [-0.15, -0.1) is 0 Å². The molecular formula is C36H41NO9. The molecule has 4 N–H and O–H groups in total. The molecule has 46 heavy (non-hydrogen) atoms. The lowest BCUT2D eigenvalue weighted by atomic mass is 9.62. The van der Waals surface area contributed by atoms with Crippen LogP contribution in [0.4, 0.5) is 5.69 Å². The molecule has 2 aromatic carbocycles. The second-order valence-electron chi connectivity index (χ2n) is 12.4. The number of cyclic esters (lactones) is 1. The number of hydrogen-bond donors (Lipinski definition) is 4. The Morgan fingerprint density at radius 2 is 1.80 bits per heavy atom. The molecule has 244 valence electrons. The van der Waals surface area contributed by atoms with Crippen LogP contribution in [-0.4, -0.2) is 58.9 Å². The van der Waals surface area contributed by atoms with E-state index in [4.69, 9.17) is 14.2 Å². The number of anilines is 1. The average Bonchev–Trinajstić information content (AvgIpc) is 3.23. The molecule has 2 aromatic rings. The number of aromatic hydroxyl groups is 1. The van der Waals surface area contributed by atoms with E-state index in [0.29, 0.717) is 24.2 Å². The molecule has 0 saturated heterocycles. The minimum Gasteiger partial charge on any atom is -0.507 e. The highest BCUT2D eigenvalue weighted by Gasteiger charge is 2.56. The molecule has 5 rings (SSSR count). The van der Waals surface area contributed by atoms with Crippen molar-refractivity contribution in [2.24, 2.45) is 11.8 Å². The molecule has 2 heterocycles. The highest BCUT2D eigenvalue weighted by atomic mass is 16.6. The number of carbonyl (C=O) groups is 3. The van der Waals surface area contributed by atoms with E-state index in [9.17, 15) is 29.7 Å². The second-order valence-corrected chi connectivity index (χ2v) is 12.4. The SMILES string of the molecule is CC=CCCC(=O)C1C(c2ccc3c(c2O)C(O)(c2ccc(OC)cc2)C(OC)C(=O)N3)C=C(C)CC1C1(C)OC(=O)C(C)=C1O. The monoisotopic (exact) mass is 631 g/mol. The summed E-state index contributed by atoms with van der Waals surface area (Å²) in [6.07, 6.45) is 5.27. The fourth-order valence-electron chi connectivity index (χ4n) is 7.35. The van der Waals surface area contributed by atoms with Crippen LogP contribution in [0, 0.1) is 11.8 Å². The first-order valence-corrected chi connectivity index (χ1v) is 15.3. The number of phenols is 1. The van der Waals surface area contributed by atoms with E-state index in [-0.39, 0.29) is 46.1 Å². The summed E-state index contributed by atoms with van der Waals surface area (Å²) in [5.74, 6) is -3.59. The smallest absolute Gasteiger partial charge is 0.338 e. The van der Waals surface area contributed by atoms with Crippen LogP contribution in [0.2, 0.25) is 0 Å². The summed E-state index contributed by atoms with van der Waals surface area (Å²) in [5.41, 5.74) is -1.81. The van der Waals surface area contributed by atoms with Gasteiger partial charge in [0.25, 0.3) is 5.91 Å². The van der Waals surface area contributed by atoms with Gasteiger partial charge in [0.2, 0.25) is 0 Å². The van der Waals surface area contributed by atoms with E-state index >= 15 is 0 Å². The molecule has 0 radical (unpaired) electrons. The first kappa shape index (κ1) is 33.0. The average molecular weight is 632 g/mol. The van der Waals surface area contributed by atoms with Gasteiger partial charge in [0.1, 0.15) is 23.0 Å². The third-order valence-electron chi connectivity index (χ3n) is 9.73. The van der Waals surface area contributed by atoms with Gasteiger partial charge >= 0.3 is 5.97 Å². The Hall–Kier alpha value is -4.41. The van der Waals surface area contributed by atoms with Gasteiger partial charge < -0.3 is 34.8 Å². The normalized spacial score (nSPS) is 29.3. The van der Waals surface area contributed by atoms with E-state index in [1.807, 2.05) is 32.1 Å². The van der Waals surface area contributed by atoms with Gasteiger partial charge in [0.05, 0.1) is 23.9 Å². The standard InChI is InChI=1S/C36H41NO9/c1-7-8-9-10-27(38)28-24(17-19(2)18-25(28)35(4)31(40)20(3)34(42)46-35)23-15-16-26-29(30(23)39)36(43,32(45-6)33(41)37-26)21-11-13-22(44-5)14-12-21/h7-8,11-17,24-25,28,32,39-40,43H,9-10,18H2,1-6H3,(H,37,41). The lowest BCUT2D eigenvalue weighted by Gasteiger charge is -2.44. The number of esters is 1. The lowest BCUT2D eigenvalue weighted by Crippen LogP contribution is -2.53. The molecule has 1 aliphatic carbocycles. The summed E-state index contributed by atoms with van der Waals surface area (Å²) < 4.78 is 16.6. The van der Waals surface area contributed by atoms with Crippen LogP contribution in [0.5, 0.6) is 11.5 Å². The molecule has 6 atom stereocenters. The summed E-state index contributed by atoms with van der Waals surface area (Å²) in [6, 6.07) is 9.69.